The van der Waals surface area contributed by atoms with Crippen LogP contribution in [0.15, 0.2) is 24.0 Å². The molecule has 0 aromatic rings. The molecule has 2 atom stereocenters. The zero-order valence-electron chi connectivity index (χ0n) is 16.7. The van der Waals surface area contributed by atoms with Gasteiger partial charge in [0, 0.05) is 24.7 Å². The van der Waals surface area contributed by atoms with E-state index in [-0.39, 0.29) is 29.5 Å². The number of hydrogen-bond acceptors (Lipinski definition) is 3. The number of aliphatic carboxylic acids is 1. The van der Waals surface area contributed by atoms with Crippen LogP contribution in [-0.2, 0) is 9.59 Å². The molecule has 0 bridgehead atoms. The largest absolute Gasteiger partial charge is 0.512 e. The van der Waals surface area contributed by atoms with E-state index in [9.17, 15) is 14.7 Å². The highest BCUT2D eigenvalue weighted by atomic mass is 16.4. The molecule has 0 aromatic heterocycles. The average molecular weight is 365 g/mol. The highest BCUT2D eigenvalue weighted by molar-refractivity contribution is 5.83. The summed E-state index contributed by atoms with van der Waals surface area (Å²) >= 11 is 0. The van der Waals surface area contributed by atoms with Crippen molar-refractivity contribution in [3.8, 4) is 0 Å². The van der Waals surface area contributed by atoms with Crippen LogP contribution in [0.25, 0.3) is 0 Å². The molecule has 1 aliphatic carbocycles. The zero-order chi connectivity index (χ0) is 19.6. The van der Waals surface area contributed by atoms with Gasteiger partial charge in [-0.1, -0.05) is 45.8 Å². The Morgan fingerprint density at radius 2 is 1.96 bits per heavy atom. The summed E-state index contributed by atoms with van der Waals surface area (Å²) in [6, 6.07) is 0. The Hall–Kier alpha value is -1.58. The third-order valence-electron chi connectivity index (χ3n) is 5.31. The Labute approximate surface area is 158 Å². The lowest BCUT2D eigenvalue weighted by molar-refractivity contribution is -0.137. The van der Waals surface area contributed by atoms with E-state index in [4.69, 9.17) is 5.11 Å². The van der Waals surface area contributed by atoms with Crippen molar-refractivity contribution in [1.29, 1.82) is 0 Å². The van der Waals surface area contributed by atoms with E-state index in [1.54, 1.807) is 0 Å². The van der Waals surface area contributed by atoms with Crippen molar-refractivity contribution >= 4 is 11.8 Å². The Morgan fingerprint density at radius 3 is 2.62 bits per heavy atom. The van der Waals surface area contributed by atoms with Crippen LogP contribution in [0.5, 0.6) is 0 Å². The molecule has 4 nitrogen and oxygen atoms in total. The molecule has 0 aliphatic heterocycles. The maximum absolute atomic E-state index is 12.2. The number of carboxylic acids is 1. The number of ketones is 1. The molecule has 1 rings (SSSR count). The molecule has 0 radical (unpaired) electrons. The molecular formula is C22H36O4. The van der Waals surface area contributed by atoms with Crippen LogP contribution in [0, 0.1) is 17.3 Å². The summed E-state index contributed by atoms with van der Waals surface area (Å²) in [5.74, 6) is -0.201. The van der Waals surface area contributed by atoms with Crippen LogP contribution in [0.4, 0.5) is 0 Å². The van der Waals surface area contributed by atoms with E-state index in [0.717, 1.165) is 25.7 Å². The van der Waals surface area contributed by atoms with Crippen molar-refractivity contribution in [3.05, 3.63) is 24.0 Å². The predicted molar refractivity (Wildman–Crippen MR) is 105 cm³/mol. The van der Waals surface area contributed by atoms with E-state index in [1.807, 2.05) is 18.2 Å². The van der Waals surface area contributed by atoms with Gasteiger partial charge >= 0.3 is 5.97 Å². The number of allylic oxidation sites excluding steroid dienone is 4. The highest BCUT2D eigenvalue weighted by Gasteiger charge is 2.33. The van der Waals surface area contributed by atoms with Gasteiger partial charge in [0.05, 0.1) is 5.76 Å². The second-order valence-corrected chi connectivity index (χ2v) is 8.39. The van der Waals surface area contributed by atoms with E-state index >= 15 is 0 Å². The minimum absolute atomic E-state index is 0.0145. The maximum Gasteiger partial charge on any atom is 0.303 e. The molecule has 4 heteroatoms. The number of aliphatic hydroxyl groups is 1. The number of hydrogen-bond donors (Lipinski definition) is 2. The van der Waals surface area contributed by atoms with Gasteiger partial charge in [-0.3, -0.25) is 9.59 Å². The van der Waals surface area contributed by atoms with Crippen molar-refractivity contribution in [2.75, 3.05) is 0 Å². The average Bonchev–Trinajstić information content (AvgIpc) is 2.95. The molecule has 0 aromatic carbocycles. The molecule has 2 N–H and O–H groups in total. The van der Waals surface area contributed by atoms with Crippen LogP contribution in [-0.4, -0.2) is 22.0 Å². The normalized spacial score (nSPS) is 21.7. The molecule has 0 unspecified atom stereocenters. The van der Waals surface area contributed by atoms with Gasteiger partial charge in [0.1, 0.15) is 5.78 Å². The molecule has 1 aliphatic rings. The van der Waals surface area contributed by atoms with Crippen molar-refractivity contribution in [1.82, 2.24) is 0 Å². The topological polar surface area (TPSA) is 74.6 Å². The zero-order valence-corrected chi connectivity index (χ0v) is 16.7. The van der Waals surface area contributed by atoms with Gasteiger partial charge in [0.15, 0.2) is 0 Å². The Morgan fingerprint density at radius 1 is 1.23 bits per heavy atom. The lowest BCUT2D eigenvalue weighted by Gasteiger charge is -2.23. The lowest BCUT2D eigenvalue weighted by Crippen LogP contribution is -2.11. The molecule has 0 saturated heterocycles. The third kappa shape index (κ3) is 8.68. The van der Waals surface area contributed by atoms with E-state index in [2.05, 4.69) is 20.8 Å². The Kier molecular flexibility index (Phi) is 9.68. The molecule has 0 heterocycles. The first-order valence-corrected chi connectivity index (χ1v) is 10.0. The van der Waals surface area contributed by atoms with Crippen LogP contribution in [0.2, 0.25) is 0 Å². The first kappa shape index (κ1) is 22.5. The van der Waals surface area contributed by atoms with Crippen LogP contribution in [0.3, 0.4) is 0 Å². The Balaban J connectivity index is 2.41. The minimum atomic E-state index is -0.771. The van der Waals surface area contributed by atoms with Crippen LogP contribution >= 0.6 is 0 Å². The fraction of sp³-hybridized carbons (Fsp3) is 0.727. The summed E-state index contributed by atoms with van der Waals surface area (Å²) in [6.45, 7) is 6.64. The van der Waals surface area contributed by atoms with Gasteiger partial charge < -0.3 is 10.2 Å². The van der Waals surface area contributed by atoms with Crippen LogP contribution in [0.1, 0.15) is 85.0 Å². The molecule has 1 saturated carbocycles. The number of rotatable bonds is 12. The van der Waals surface area contributed by atoms with Crippen molar-refractivity contribution in [2.45, 2.75) is 85.0 Å². The fourth-order valence-corrected chi connectivity index (χ4v) is 3.48. The van der Waals surface area contributed by atoms with Crippen molar-refractivity contribution in [2.24, 2.45) is 17.3 Å². The van der Waals surface area contributed by atoms with Crippen molar-refractivity contribution in [3.63, 3.8) is 0 Å². The molecule has 148 valence electrons. The van der Waals surface area contributed by atoms with Crippen LogP contribution < -0.4 is 0 Å². The third-order valence-corrected chi connectivity index (χ3v) is 5.31. The minimum Gasteiger partial charge on any atom is -0.512 e. The number of carbonyl (C=O) groups is 2. The first-order chi connectivity index (χ1) is 12.2. The number of Topliss-reactive ketones (excluding diaryl/α,β-unsaturated/α-hetero) is 1. The number of unbranched alkanes of at least 4 members (excludes halogenated alkanes) is 2. The van der Waals surface area contributed by atoms with Gasteiger partial charge in [-0.2, -0.15) is 0 Å². The summed E-state index contributed by atoms with van der Waals surface area (Å²) in [5, 5.41) is 19.0. The lowest BCUT2D eigenvalue weighted by atomic mass is 9.83. The van der Waals surface area contributed by atoms with Gasteiger partial charge in [-0.15, -0.1) is 0 Å². The summed E-state index contributed by atoms with van der Waals surface area (Å²) < 4.78 is 0. The summed E-state index contributed by atoms with van der Waals surface area (Å²) in [6.07, 6.45) is 13.6. The summed E-state index contributed by atoms with van der Waals surface area (Å²) in [7, 11) is 0. The van der Waals surface area contributed by atoms with Gasteiger partial charge in [0.25, 0.3) is 0 Å². The number of carboxylic acid groups (broad SMARTS) is 1. The molecular weight excluding hydrogens is 328 g/mol. The smallest absolute Gasteiger partial charge is 0.303 e. The van der Waals surface area contributed by atoms with E-state index in [0.29, 0.717) is 25.0 Å². The Bertz CT molecular complexity index is 516. The molecule has 0 spiro atoms. The predicted octanol–water partition coefficient (Wildman–Crippen LogP) is 5.83. The summed E-state index contributed by atoms with van der Waals surface area (Å²) in [4.78, 5) is 22.6. The van der Waals surface area contributed by atoms with Gasteiger partial charge in [-0.05, 0) is 50.0 Å². The standard InChI is InChI=1S/C22H36O4/c1-4-5-13-22(2,3)14-12-19(23)18-15-17(20(24)16-18)10-8-6-7-9-11-21(25)26/h6,8,12,17-18,23H,4-5,7,9-11,13-16H2,1-3H3,(H,25,26)/b8-6-,19-12?/t17-,18-/m0/s1. The second kappa shape index (κ2) is 11.2. The monoisotopic (exact) mass is 364 g/mol. The maximum atomic E-state index is 12.2. The van der Waals surface area contributed by atoms with E-state index < -0.39 is 5.97 Å². The quantitative estimate of drug-likeness (QED) is 0.259. The number of aliphatic hydroxyl groups excluding tert-OH is 1. The molecule has 0 amide bonds. The number of carbonyl (C=O) groups excluding carboxylic acids is 1. The second-order valence-electron chi connectivity index (χ2n) is 8.39. The fourth-order valence-electron chi connectivity index (χ4n) is 3.48. The van der Waals surface area contributed by atoms with E-state index in [1.165, 1.54) is 12.8 Å². The SMILES string of the molecule is CCCCC(C)(C)CC=C(O)[C@@H]1CC(=O)[C@@H](C/C=C\CCCC(=O)O)C1. The first-order valence-electron chi connectivity index (χ1n) is 10.0. The molecule has 1 fully saturated rings. The molecule has 26 heavy (non-hydrogen) atoms. The van der Waals surface area contributed by atoms with Gasteiger partial charge in [-0.25, -0.2) is 0 Å². The highest BCUT2D eigenvalue weighted by Crippen LogP contribution is 2.36. The van der Waals surface area contributed by atoms with Gasteiger partial charge in [0.2, 0.25) is 0 Å². The van der Waals surface area contributed by atoms with Crippen molar-refractivity contribution < 1.29 is 19.8 Å². The summed E-state index contributed by atoms with van der Waals surface area (Å²) in [5.41, 5.74) is 0.185.